The molecule has 0 aromatic rings. The van der Waals surface area contributed by atoms with Crippen molar-refractivity contribution in [1.29, 1.82) is 0 Å². The molecule has 12 heavy (non-hydrogen) atoms. The summed E-state index contributed by atoms with van der Waals surface area (Å²) in [6, 6.07) is -0.441. The second-order valence-electron chi connectivity index (χ2n) is 3.00. The standard InChI is InChI=1S/C8H18N2O2/c1-6(2)12-5-4-10-8(11)7(3)9/h6-7H,4-5,9H2,1-3H3,(H,10,11)/t7-/m0/s1. The van der Waals surface area contributed by atoms with Gasteiger partial charge in [-0.2, -0.15) is 0 Å². The van der Waals surface area contributed by atoms with Gasteiger partial charge in [-0.05, 0) is 20.8 Å². The van der Waals surface area contributed by atoms with Gasteiger partial charge in [0.15, 0.2) is 0 Å². The summed E-state index contributed by atoms with van der Waals surface area (Å²) < 4.78 is 5.22. The largest absolute Gasteiger partial charge is 0.377 e. The van der Waals surface area contributed by atoms with E-state index in [-0.39, 0.29) is 12.0 Å². The van der Waals surface area contributed by atoms with Gasteiger partial charge in [-0.1, -0.05) is 0 Å². The Morgan fingerprint density at radius 2 is 2.08 bits per heavy atom. The van der Waals surface area contributed by atoms with Gasteiger partial charge in [-0.3, -0.25) is 4.79 Å². The fourth-order valence-corrected chi connectivity index (χ4v) is 0.630. The van der Waals surface area contributed by atoms with Crippen LogP contribution in [0.5, 0.6) is 0 Å². The molecule has 3 N–H and O–H groups in total. The van der Waals surface area contributed by atoms with Crippen molar-refractivity contribution in [3.63, 3.8) is 0 Å². The molecule has 0 bridgehead atoms. The summed E-state index contributed by atoms with van der Waals surface area (Å²) >= 11 is 0. The number of rotatable bonds is 5. The Bertz CT molecular complexity index is 135. The van der Waals surface area contributed by atoms with E-state index in [2.05, 4.69) is 5.32 Å². The van der Waals surface area contributed by atoms with E-state index in [0.29, 0.717) is 13.2 Å². The van der Waals surface area contributed by atoms with Gasteiger partial charge in [0.05, 0.1) is 18.8 Å². The van der Waals surface area contributed by atoms with Crippen molar-refractivity contribution in [3.8, 4) is 0 Å². The second-order valence-corrected chi connectivity index (χ2v) is 3.00. The van der Waals surface area contributed by atoms with Gasteiger partial charge in [0, 0.05) is 6.54 Å². The Hall–Kier alpha value is -0.610. The molecule has 0 unspecified atom stereocenters. The lowest BCUT2D eigenvalue weighted by Gasteiger charge is -2.09. The Balaban J connectivity index is 3.26. The summed E-state index contributed by atoms with van der Waals surface area (Å²) in [4.78, 5) is 10.9. The van der Waals surface area contributed by atoms with Crippen LogP contribution in [0, 0.1) is 0 Å². The summed E-state index contributed by atoms with van der Waals surface area (Å²) in [5, 5.41) is 2.65. The topological polar surface area (TPSA) is 64.3 Å². The van der Waals surface area contributed by atoms with Crippen molar-refractivity contribution >= 4 is 5.91 Å². The highest BCUT2D eigenvalue weighted by atomic mass is 16.5. The average molecular weight is 174 g/mol. The molecule has 1 atom stereocenters. The monoisotopic (exact) mass is 174 g/mol. The Morgan fingerprint density at radius 3 is 2.50 bits per heavy atom. The van der Waals surface area contributed by atoms with Crippen molar-refractivity contribution in [3.05, 3.63) is 0 Å². The molecule has 0 saturated heterocycles. The van der Waals surface area contributed by atoms with Crippen LogP contribution in [0.25, 0.3) is 0 Å². The summed E-state index contributed by atoms with van der Waals surface area (Å²) in [5.74, 6) is -0.137. The highest BCUT2D eigenvalue weighted by molar-refractivity contribution is 5.80. The number of ether oxygens (including phenoxy) is 1. The van der Waals surface area contributed by atoms with Gasteiger partial charge in [0.2, 0.25) is 5.91 Å². The fourth-order valence-electron chi connectivity index (χ4n) is 0.630. The number of nitrogens with two attached hydrogens (primary N) is 1. The minimum Gasteiger partial charge on any atom is -0.377 e. The maximum absolute atomic E-state index is 10.9. The summed E-state index contributed by atoms with van der Waals surface area (Å²) in [5.41, 5.74) is 5.33. The zero-order valence-electron chi connectivity index (χ0n) is 7.96. The van der Waals surface area contributed by atoms with Crippen LogP contribution >= 0.6 is 0 Å². The van der Waals surface area contributed by atoms with E-state index in [9.17, 15) is 4.79 Å². The molecule has 0 fully saturated rings. The lowest BCUT2D eigenvalue weighted by atomic mass is 10.3. The van der Waals surface area contributed by atoms with Crippen LogP contribution in [0.3, 0.4) is 0 Å². The molecule has 0 radical (unpaired) electrons. The molecule has 0 aliphatic carbocycles. The first kappa shape index (κ1) is 11.4. The Morgan fingerprint density at radius 1 is 1.50 bits per heavy atom. The van der Waals surface area contributed by atoms with E-state index in [1.807, 2.05) is 13.8 Å². The molecule has 4 heteroatoms. The molecular weight excluding hydrogens is 156 g/mol. The molecule has 0 aliphatic rings. The van der Waals surface area contributed by atoms with Crippen molar-refractivity contribution in [1.82, 2.24) is 5.32 Å². The van der Waals surface area contributed by atoms with Crippen LogP contribution in [-0.2, 0) is 9.53 Å². The quantitative estimate of drug-likeness (QED) is 0.571. The summed E-state index contributed by atoms with van der Waals surface area (Å²) in [6.07, 6.45) is 0.206. The summed E-state index contributed by atoms with van der Waals surface area (Å²) in [7, 11) is 0. The Labute approximate surface area is 73.5 Å². The third kappa shape index (κ3) is 6.12. The number of carbonyl (C=O) groups is 1. The van der Waals surface area contributed by atoms with Crippen LogP contribution in [0.1, 0.15) is 20.8 Å². The summed E-state index contributed by atoms with van der Waals surface area (Å²) in [6.45, 7) is 6.62. The lowest BCUT2D eigenvalue weighted by Crippen LogP contribution is -2.39. The van der Waals surface area contributed by atoms with Gasteiger partial charge in [-0.25, -0.2) is 0 Å². The molecule has 72 valence electrons. The zero-order valence-corrected chi connectivity index (χ0v) is 7.96. The van der Waals surface area contributed by atoms with Gasteiger partial charge in [-0.15, -0.1) is 0 Å². The first-order valence-electron chi connectivity index (χ1n) is 4.19. The number of amides is 1. The van der Waals surface area contributed by atoms with Crippen molar-refractivity contribution in [2.75, 3.05) is 13.2 Å². The van der Waals surface area contributed by atoms with Crippen molar-refractivity contribution in [2.45, 2.75) is 32.9 Å². The molecule has 1 amide bonds. The van der Waals surface area contributed by atoms with Gasteiger partial charge >= 0.3 is 0 Å². The van der Waals surface area contributed by atoms with Crippen LogP contribution in [-0.4, -0.2) is 31.2 Å². The SMILES string of the molecule is CC(C)OCCNC(=O)[C@H](C)N. The highest BCUT2D eigenvalue weighted by Gasteiger charge is 2.04. The molecule has 0 saturated carbocycles. The van der Waals surface area contributed by atoms with E-state index in [0.717, 1.165) is 0 Å². The number of hydrogen-bond donors (Lipinski definition) is 2. The van der Waals surface area contributed by atoms with Gasteiger partial charge < -0.3 is 15.8 Å². The third-order valence-electron chi connectivity index (χ3n) is 1.27. The van der Waals surface area contributed by atoms with E-state index in [4.69, 9.17) is 10.5 Å². The minimum atomic E-state index is -0.441. The van der Waals surface area contributed by atoms with Crippen LogP contribution in [0.4, 0.5) is 0 Å². The predicted molar refractivity (Wildman–Crippen MR) is 47.7 cm³/mol. The van der Waals surface area contributed by atoms with E-state index in [1.165, 1.54) is 0 Å². The highest BCUT2D eigenvalue weighted by Crippen LogP contribution is 1.85. The predicted octanol–water partition coefficient (Wildman–Crippen LogP) is -0.125. The van der Waals surface area contributed by atoms with E-state index >= 15 is 0 Å². The minimum absolute atomic E-state index is 0.137. The molecule has 0 heterocycles. The van der Waals surface area contributed by atoms with E-state index < -0.39 is 6.04 Å². The lowest BCUT2D eigenvalue weighted by molar-refractivity contribution is -0.122. The normalized spacial score (nSPS) is 13.1. The van der Waals surface area contributed by atoms with Crippen LogP contribution in [0.15, 0.2) is 0 Å². The molecule has 0 aromatic carbocycles. The van der Waals surface area contributed by atoms with Crippen LogP contribution < -0.4 is 11.1 Å². The molecule has 0 aromatic heterocycles. The fraction of sp³-hybridized carbons (Fsp3) is 0.875. The molecular formula is C8H18N2O2. The molecule has 4 nitrogen and oxygen atoms in total. The molecule has 0 rings (SSSR count). The van der Waals surface area contributed by atoms with Crippen molar-refractivity contribution in [2.24, 2.45) is 5.73 Å². The van der Waals surface area contributed by atoms with Crippen molar-refractivity contribution < 1.29 is 9.53 Å². The van der Waals surface area contributed by atoms with Gasteiger partial charge in [0.25, 0.3) is 0 Å². The van der Waals surface area contributed by atoms with Gasteiger partial charge in [0.1, 0.15) is 0 Å². The average Bonchev–Trinajstić information content (AvgIpc) is 1.97. The first-order chi connectivity index (χ1) is 5.54. The maximum Gasteiger partial charge on any atom is 0.236 e. The Kier molecular flexibility index (Phi) is 5.66. The smallest absolute Gasteiger partial charge is 0.236 e. The number of carbonyl (C=O) groups excluding carboxylic acids is 1. The number of nitrogens with one attached hydrogen (secondary N) is 1. The third-order valence-corrected chi connectivity index (χ3v) is 1.27. The maximum atomic E-state index is 10.9. The zero-order chi connectivity index (χ0) is 9.56. The molecule has 0 spiro atoms. The van der Waals surface area contributed by atoms with E-state index in [1.54, 1.807) is 6.92 Å². The first-order valence-corrected chi connectivity index (χ1v) is 4.19. The number of hydrogen-bond acceptors (Lipinski definition) is 3. The second kappa shape index (κ2) is 5.97. The molecule has 0 aliphatic heterocycles. The van der Waals surface area contributed by atoms with Crippen LogP contribution in [0.2, 0.25) is 0 Å².